The van der Waals surface area contributed by atoms with Gasteiger partial charge in [0.25, 0.3) is 0 Å². The van der Waals surface area contributed by atoms with E-state index >= 15 is 0 Å². The monoisotopic (exact) mass is 460 g/mol. The number of thioether (sulfide) groups is 1. The van der Waals surface area contributed by atoms with Crippen molar-refractivity contribution in [2.45, 2.75) is 11.8 Å². The lowest BCUT2D eigenvalue weighted by Crippen LogP contribution is -2.15. The van der Waals surface area contributed by atoms with E-state index < -0.39 is 0 Å². The molecule has 0 radical (unpaired) electrons. The molecule has 0 saturated heterocycles. The standard InChI is InChI=1S/C25H24N4O3S/c1-29-23(16-32-20-14-12-19(31-2)13-15-20)27-28-25(29)33-17-24(30)26-22-11-7-6-10-21(22)18-8-4-3-5-9-18/h3-15H,16-17H2,1-2H3,(H,26,30). The van der Waals surface area contributed by atoms with Gasteiger partial charge in [0, 0.05) is 18.3 Å². The maximum absolute atomic E-state index is 12.6. The topological polar surface area (TPSA) is 78.3 Å². The number of nitrogens with one attached hydrogen (secondary N) is 1. The average Bonchev–Trinajstić information content (AvgIpc) is 3.21. The second-order valence-corrected chi connectivity index (χ2v) is 8.11. The molecule has 0 aliphatic heterocycles. The Morgan fingerprint density at radius 3 is 2.39 bits per heavy atom. The highest BCUT2D eigenvalue weighted by molar-refractivity contribution is 7.99. The lowest BCUT2D eigenvalue weighted by molar-refractivity contribution is -0.113. The van der Waals surface area contributed by atoms with Gasteiger partial charge in [0.2, 0.25) is 5.91 Å². The van der Waals surface area contributed by atoms with E-state index in [2.05, 4.69) is 15.5 Å². The SMILES string of the molecule is COc1ccc(OCc2nnc(SCC(=O)Nc3ccccc3-c3ccccc3)n2C)cc1. The fourth-order valence-corrected chi connectivity index (χ4v) is 3.92. The Morgan fingerprint density at radius 1 is 0.939 bits per heavy atom. The van der Waals surface area contributed by atoms with Crippen molar-refractivity contribution in [2.24, 2.45) is 7.05 Å². The van der Waals surface area contributed by atoms with Crippen molar-refractivity contribution < 1.29 is 14.3 Å². The van der Waals surface area contributed by atoms with Crippen LogP contribution in [0.3, 0.4) is 0 Å². The highest BCUT2D eigenvalue weighted by Gasteiger charge is 2.13. The van der Waals surface area contributed by atoms with Gasteiger partial charge in [-0.2, -0.15) is 0 Å². The van der Waals surface area contributed by atoms with Gasteiger partial charge in [-0.25, -0.2) is 0 Å². The van der Waals surface area contributed by atoms with Gasteiger partial charge < -0.3 is 19.4 Å². The van der Waals surface area contributed by atoms with E-state index in [-0.39, 0.29) is 18.3 Å². The summed E-state index contributed by atoms with van der Waals surface area (Å²) in [6.07, 6.45) is 0. The lowest BCUT2D eigenvalue weighted by atomic mass is 10.0. The first-order chi connectivity index (χ1) is 16.1. The quantitative estimate of drug-likeness (QED) is 0.362. The van der Waals surface area contributed by atoms with Gasteiger partial charge in [-0.3, -0.25) is 4.79 Å². The molecule has 1 N–H and O–H groups in total. The van der Waals surface area contributed by atoms with Crippen molar-refractivity contribution in [1.29, 1.82) is 0 Å². The molecule has 1 aromatic heterocycles. The number of nitrogens with zero attached hydrogens (tertiary/aromatic N) is 3. The summed E-state index contributed by atoms with van der Waals surface area (Å²) in [7, 11) is 3.48. The van der Waals surface area contributed by atoms with Gasteiger partial charge in [0.15, 0.2) is 11.0 Å². The maximum atomic E-state index is 12.6. The molecule has 0 fully saturated rings. The molecule has 0 spiro atoms. The number of carbonyl (C=O) groups is 1. The van der Waals surface area contributed by atoms with Crippen LogP contribution < -0.4 is 14.8 Å². The Morgan fingerprint density at radius 2 is 1.64 bits per heavy atom. The number of hydrogen-bond donors (Lipinski definition) is 1. The summed E-state index contributed by atoms with van der Waals surface area (Å²) >= 11 is 1.33. The van der Waals surface area contributed by atoms with Crippen LogP contribution in [0.4, 0.5) is 5.69 Å². The fraction of sp³-hybridized carbons (Fsp3) is 0.160. The Labute approximate surface area is 196 Å². The molecular formula is C25H24N4O3S. The number of hydrogen-bond acceptors (Lipinski definition) is 6. The summed E-state index contributed by atoms with van der Waals surface area (Å²) in [5.74, 6) is 2.26. The molecule has 4 rings (SSSR count). The number of amides is 1. The number of aromatic nitrogens is 3. The molecule has 7 nitrogen and oxygen atoms in total. The van der Waals surface area contributed by atoms with Gasteiger partial charge >= 0.3 is 0 Å². The number of carbonyl (C=O) groups excluding carboxylic acids is 1. The smallest absolute Gasteiger partial charge is 0.234 e. The predicted molar refractivity (Wildman–Crippen MR) is 130 cm³/mol. The predicted octanol–water partition coefficient (Wildman–Crippen LogP) is 4.80. The molecule has 0 aliphatic rings. The Hall–Kier alpha value is -3.78. The normalized spacial score (nSPS) is 10.6. The van der Waals surface area contributed by atoms with E-state index in [9.17, 15) is 4.79 Å². The Bertz CT molecular complexity index is 1210. The first-order valence-electron chi connectivity index (χ1n) is 10.4. The van der Waals surface area contributed by atoms with Gasteiger partial charge in [-0.15, -0.1) is 10.2 Å². The molecule has 168 valence electrons. The van der Waals surface area contributed by atoms with Crippen molar-refractivity contribution in [3.8, 4) is 22.6 Å². The van der Waals surface area contributed by atoms with Gasteiger partial charge in [0.1, 0.15) is 18.1 Å². The fourth-order valence-electron chi connectivity index (χ4n) is 3.19. The molecule has 0 unspecified atom stereocenters. The summed E-state index contributed by atoms with van der Waals surface area (Å²) in [5.41, 5.74) is 2.81. The number of rotatable bonds is 9. The number of ether oxygens (including phenoxy) is 2. The number of benzene rings is 3. The highest BCUT2D eigenvalue weighted by atomic mass is 32.2. The van der Waals surface area contributed by atoms with E-state index in [1.807, 2.05) is 90.5 Å². The minimum Gasteiger partial charge on any atom is -0.497 e. The van der Waals surface area contributed by atoms with E-state index in [1.54, 1.807) is 7.11 Å². The van der Waals surface area contributed by atoms with Gasteiger partial charge in [-0.1, -0.05) is 60.3 Å². The highest BCUT2D eigenvalue weighted by Crippen LogP contribution is 2.28. The third-order valence-electron chi connectivity index (χ3n) is 4.97. The number of para-hydroxylation sites is 1. The summed E-state index contributed by atoms with van der Waals surface area (Å²) in [4.78, 5) is 12.6. The third-order valence-corrected chi connectivity index (χ3v) is 5.99. The molecule has 0 bridgehead atoms. The zero-order valence-electron chi connectivity index (χ0n) is 18.4. The molecule has 0 aliphatic carbocycles. The first-order valence-corrected chi connectivity index (χ1v) is 11.3. The van der Waals surface area contributed by atoms with Crippen LogP contribution in [0.25, 0.3) is 11.1 Å². The van der Waals surface area contributed by atoms with Crippen LogP contribution in [-0.2, 0) is 18.4 Å². The van der Waals surface area contributed by atoms with Crippen molar-refractivity contribution >= 4 is 23.4 Å². The maximum Gasteiger partial charge on any atom is 0.234 e. The summed E-state index contributed by atoms with van der Waals surface area (Å²) in [6.45, 7) is 0.271. The van der Waals surface area contributed by atoms with Gasteiger partial charge in [-0.05, 0) is 35.9 Å². The van der Waals surface area contributed by atoms with Crippen molar-refractivity contribution in [3.63, 3.8) is 0 Å². The molecule has 8 heteroatoms. The Balaban J connectivity index is 1.33. The van der Waals surface area contributed by atoms with E-state index in [0.717, 1.165) is 22.6 Å². The lowest BCUT2D eigenvalue weighted by Gasteiger charge is -2.11. The summed E-state index contributed by atoms with van der Waals surface area (Å²) < 4.78 is 12.8. The molecule has 33 heavy (non-hydrogen) atoms. The minimum absolute atomic E-state index is 0.109. The first kappa shape index (κ1) is 22.4. The minimum atomic E-state index is -0.109. The largest absolute Gasteiger partial charge is 0.497 e. The van der Waals surface area contributed by atoms with Crippen molar-refractivity contribution in [1.82, 2.24) is 14.8 Å². The molecule has 4 aromatic rings. The van der Waals surface area contributed by atoms with Gasteiger partial charge in [0.05, 0.1) is 12.9 Å². The zero-order valence-corrected chi connectivity index (χ0v) is 19.2. The van der Waals surface area contributed by atoms with Crippen LogP contribution in [0, 0.1) is 0 Å². The van der Waals surface area contributed by atoms with Crippen LogP contribution in [0.1, 0.15) is 5.82 Å². The molecule has 1 amide bonds. The van der Waals surface area contributed by atoms with Crippen LogP contribution in [0.5, 0.6) is 11.5 Å². The molecule has 3 aromatic carbocycles. The van der Waals surface area contributed by atoms with Crippen molar-refractivity contribution in [2.75, 3.05) is 18.2 Å². The molecule has 0 atom stereocenters. The molecular weight excluding hydrogens is 436 g/mol. The van der Waals surface area contributed by atoms with E-state index in [0.29, 0.717) is 16.7 Å². The summed E-state index contributed by atoms with van der Waals surface area (Å²) in [5, 5.41) is 12.0. The Kier molecular flexibility index (Phi) is 7.26. The second-order valence-electron chi connectivity index (χ2n) is 7.17. The van der Waals surface area contributed by atoms with E-state index in [4.69, 9.17) is 9.47 Å². The van der Waals surface area contributed by atoms with Crippen molar-refractivity contribution in [3.05, 3.63) is 84.7 Å². The second kappa shape index (κ2) is 10.7. The van der Waals surface area contributed by atoms with Crippen LogP contribution in [-0.4, -0.2) is 33.5 Å². The zero-order chi connectivity index (χ0) is 23.0. The molecule has 0 saturated carbocycles. The summed E-state index contributed by atoms with van der Waals surface area (Å²) in [6, 6.07) is 25.1. The number of anilines is 1. The van der Waals surface area contributed by atoms with E-state index in [1.165, 1.54) is 11.8 Å². The van der Waals surface area contributed by atoms with Crippen LogP contribution in [0.15, 0.2) is 84.0 Å². The molecule has 1 heterocycles. The van der Waals surface area contributed by atoms with Crippen LogP contribution in [0.2, 0.25) is 0 Å². The van der Waals surface area contributed by atoms with Crippen LogP contribution >= 0.6 is 11.8 Å². The third kappa shape index (κ3) is 5.72. The number of methoxy groups -OCH3 is 1. The average molecular weight is 461 g/mol.